The van der Waals surface area contributed by atoms with Gasteiger partial charge in [0, 0.05) is 9.50 Å². The van der Waals surface area contributed by atoms with Crippen molar-refractivity contribution < 1.29 is 13.2 Å². The van der Waals surface area contributed by atoms with Crippen LogP contribution in [0.15, 0.2) is 36.7 Å². The molecule has 112 valence electrons. The Labute approximate surface area is 151 Å². The molecule has 0 aliphatic rings. The molecule has 21 heavy (non-hydrogen) atoms. The third-order valence-corrected chi connectivity index (χ3v) is 7.90. The van der Waals surface area contributed by atoms with Gasteiger partial charge < -0.3 is 0 Å². The van der Waals surface area contributed by atoms with E-state index in [1.165, 1.54) is 24.3 Å². The highest BCUT2D eigenvalue weighted by molar-refractivity contribution is 9.13. The van der Waals surface area contributed by atoms with Crippen LogP contribution in [-0.2, 0) is 10.0 Å². The van der Waals surface area contributed by atoms with Gasteiger partial charge in [-0.2, -0.15) is 0 Å². The minimum Gasteiger partial charge on any atom is -0.268 e. The smallest absolute Gasteiger partial charge is 0.268 e. The van der Waals surface area contributed by atoms with E-state index in [1.807, 2.05) is 4.72 Å². The van der Waals surface area contributed by atoms with Crippen molar-refractivity contribution in [1.82, 2.24) is 4.72 Å². The lowest BCUT2D eigenvalue weighted by molar-refractivity contribution is 0.0981. The lowest BCUT2D eigenvalue weighted by atomic mass is 10.2. The van der Waals surface area contributed by atoms with E-state index in [-0.39, 0.29) is 14.8 Å². The van der Waals surface area contributed by atoms with Crippen molar-refractivity contribution in [3.05, 3.63) is 48.1 Å². The molecule has 0 unspecified atom stereocenters. The third-order valence-electron chi connectivity index (χ3n) is 2.29. The molecule has 0 saturated heterocycles. The number of sulfonamides is 1. The van der Waals surface area contributed by atoms with Crippen LogP contribution in [0.1, 0.15) is 10.4 Å². The minimum atomic E-state index is -3.97. The van der Waals surface area contributed by atoms with Crippen LogP contribution in [0, 0.1) is 0 Å². The average molecular weight is 494 g/mol. The number of halogens is 4. The molecule has 1 N–H and O–H groups in total. The Kier molecular flexibility index (Phi) is 5.38. The minimum absolute atomic E-state index is 0.000291. The van der Waals surface area contributed by atoms with Gasteiger partial charge in [0.05, 0.1) is 14.4 Å². The molecule has 0 spiro atoms. The number of carbonyl (C=O) groups is 1. The maximum Gasteiger partial charge on any atom is 0.273 e. The summed E-state index contributed by atoms with van der Waals surface area (Å²) in [6.07, 6.45) is 0. The molecule has 1 heterocycles. The van der Waals surface area contributed by atoms with Crippen LogP contribution < -0.4 is 4.72 Å². The van der Waals surface area contributed by atoms with Gasteiger partial charge in [-0.3, -0.25) is 4.79 Å². The van der Waals surface area contributed by atoms with Gasteiger partial charge in [-0.15, -0.1) is 11.3 Å². The second kappa shape index (κ2) is 6.55. The van der Waals surface area contributed by atoms with Crippen molar-refractivity contribution in [3.8, 4) is 0 Å². The number of rotatable bonds is 3. The summed E-state index contributed by atoms with van der Waals surface area (Å²) >= 11 is 19.0. The normalized spacial score (nSPS) is 11.4. The van der Waals surface area contributed by atoms with Crippen LogP contribution in [0.2, 0.25) is 10.0 Å². The molecular formula is C11H5Br2Cl2NO3S2. The van der Waals surface area contributed by atoms with E-state index in [2.05, 4.69) is 31.9 Å². The van der Waals surface area contributed by atoms with Gasteiger partial charge in [-0.05, 0) is 56.1 Å². The summed E-state index contributed by atoms with van der Waals surface area (Å²) in [4.78, 5) is 12.0. The van der Waals surface area contributed by atoms with E-state index in [0.717, 1.165) is 11.3 Å². The molecule has 1 amide bonds. The molecule has 1 aromatic heterocycles. The fourth-order valence-corrected chi connectivity index (χ4v) is 5.64. The Morgan fingerprint density at radius 1 is 1.19 bits per heavy atom. The highest BCUT2D eigenvalue weighted by Crippen LogP contribution is 2.34. The van der Waals surface area contributed by atoms with E-state index in [4.69, 9.17) is 23.2 Å². The summed E-state index contributed by atoms with van der Waals surface area (Å²) in [5.74, 6) is -0.822. The predicted molar refractivity (Wildman–Crippen MR) is 90.8 cm³/mol. The molecule has 0 aliphatic carbocycles. The monoisotopic (exact) mass is 491 g/mol. The van der Waals surface area contributed by atoms with Gasteiger partial charge in [0.15, 0.2) is 0 Å². The largest absolute Gasteiger partial charge is 0.273 e. The Bertz CT molecular complexity index is 801. The molecule has 2 aromatic rings. The Hall–Kier alpha value is -0.120. The third kappa shape index (κ3) is 4.00. The second-order valence-electron chi connectivity index (χ2n) is 3.75. The van der Waals surface area contributed by atoms with Crippen molar-refractivity contribution in [1.29, 1.82) is 0 Å². The summed E-state index contributed by atoms with van der Waals surface area (Å²) in [6.45, 7) is 0. The molecule has 0 radical (unpaired) electrons. The zero-order valence-corrected chi connectivity index (χ0v) is 16.2. The number of amides is 1. The zero-order valence-electron chi connectivity index (χ0n) is 9.86. The van der Waals surface area contributed by atoms with E-state index < -0.39 is 15.9 Å². The quantitative estimate of drug-likeness (QED) is 0.674. The first-order chi connectivity index (χ1) is 9.70. The average Bonchev–Trinajstić information content (AvgIpc) is 2.69. The highest BCUT2D eigenvalue weighted by Gasteiger charge is 2.23. The molecule has 0 fully saturated rings. The maximum atomic E-state index is 12.1. The second-order valence-corrected chi connectivity index (χ2v) is 9.72. The Morgan fingerprint density at radius 3 is 2.38 bits per heavy atom. The summed E-state index contributed by atoms with van der Waals surface area (Å²) in [5.41, 5.74) is 0.0272. The van der Waals surface area contributed by atoms with Crippen LogP contribution in [0.3, 0.4) is 0 Å². The SMILES string of the molecule is O=C(NS(=O)(=O)c1cc(Br)c(Br)s1)c1ccc(Cl)cc1Cl. The molecule has 0 bridgehead atoms. The standard InChI is InChI=1S/C11H5Br2Cl2NO3S2/c12-7-4-9(20-10(7)13)21(18,19)16-11(17)6-2-1-5(14)3-8(6)15/h1-4H,(H,16,17). The van der Waals surface area contributed by atoms with Crippen molar-refractivity contribution in [2.45, 2.75) is 4.21 Å². The number of nitrogens with one attached hydrogen (secondary N) is 1. The molecule has 4 nitrogen and oxygen atoms in total. The van der Waals surface area contributed by atoms with Gasteiger partial charge in [0.1, 0.15) is 4.21 Å². The lowest BCUT2D eigenvalue weighted by Gasteiger charge is -2.06. The predicted octanol–water partition coefficient (Wildman–Crippen LogP) is 4.70. The van der Waals surface area contributed by atoms with Crippen LogP contribution in [0.25, 0.3) is 0 Å². The topological polar surface area (TPSA) is 63.2 Å². The fourth-order valence-electron chi connectivity index (χ4n) is 1.36. The molecule has 0 atom stereocenters. The Morgan fingerprint density at radius 2 is 1.86 bits per heavy atom. The molecule has 0 aliphatic heterocycles. The number of carbonyl (C=O) groups excluding carboxylic acids is 1. The molecular weight excluding hydrogens is 489 g/mol. The number of benzene rings is 1. The van der Waals surface area contributed by atoms with Gasteiger partial charge in [-0.1, -0.05) is 23.2 Å². The number of thiophene rings is 1. The van der Waals surface area contributed by atoms with Crippen LogP contribution in [0.5, 0.6) is 0 Å². The summed E-state index contributed by atoms with van der Waals surface area (Å²) in [6, 6.07) is 5.57. The van der Waals surface area contributed by atoms with E-state index >= 15 is 0 Å². The fraction of sp³-hybridized carbons (Fsp3) is 0. The molecule has 2 rings (SSSR count). The van der Waals surface area contributed by atoms with Gasteiger partial charge in [0.2, 0.25) is 0 Å². The van der Waals surface area contributed by atoms with Crippen molar-refractivity contribution in [3.63, 3.8) is 0 Å². The van der Waals surface area contributed by atoms with E-state index in [9.17, 15) is 13.2 Å². The van der Waals surface area contributed by atoms with Crippen molar-refractivity contribution in [2.75, 3.05) is 0 Å². The molecule has 10 heteroatoms. The van der Waals surface area contributed by atoms with Crippen LogP contribution in [-0.4, -0.2) is 14.3 Å². The molecule has 1 aromatic carbocycles. The lowest BCUT2D eigenvalue weighted by Crippen LogP contribution is -2.30. The first kappa shape index (κ1) is 17.2. The van der Waals surface area contributed by atoms with E-state index in [0.29, 0.717) is 13.3 Å². The van der Waals surface area contributed by atoms with Crippen LogP contribution >= 0.6 is 66.4 Å². The summed E-state index contributed by atoms with van der Waals surface area (Å²) in [5, 5.41) is 0.425. The number of hydrogen-bond acceptors (Lipinski definition) is 4. The number of hydrogen-bond donors (Lipinski definition) is 1. The van der Waals surface area contributed by atoms with E-state index in [1.54, 1.807) is 0 Å². The van der Waals surface area contributed by atoms with Crippen LogP contribution in [0.4, 0.5) is 0 Å². The Balaban J connectivity index is 2.30. The van der Waals surface area contributed by atoms with Gasteiger partial charge >= 0.3 is 0 Å². The zero-order chi connectivity index (χ0) is 15.8. The van der Waals surface area contributed by atoms with Crippen molar-refractivity contribution in [2.24, 2.45) is 0 Å². The van der Waals surface area contributed by atoms with Gasteiger partial charge in [-0.25, -0.2) is 13.1 Å². The summed E-state index contributed by atoms with van der Waals surface area (Å²) in [7, 11) is -3.97. The first-order valence-corrected chi connectivity index (χ1v) is 9.82. The maximum absolute atomic E-state index is 12.1. The van der Waals surface area contributed by atoms with Gasteiger partial charge in [0.25, 0.3) is 15.9 Å². The molecule has 0 saturated carbocycles. The first-order valence-electron chi connectivity index (χ1n) is 5.18. The van der Waals surface area contributed by atoms with Crippen molar-refractivity contribution >= 4 is 82.3 Å². The highest BCUT2D eigenvalue weighted by atomic mass is 79.9. The summed E-state index contributed by atoms with van der Waals surface area (Å²) < 4.78 is 27.4.